The van der Waals surface area contributed by atoms with Crippen molar-refractivity contribution in [3.05, 3.63) is 139 Å². The Kier molecular flexibility index (Phi) is 5.37. The topological polar surface area (TPSA) is 38.7 Å². The number of nitrogens with zero attached hydrogens (tertiary/aromatic N) is 3. The van der Waals surface area contributed by atoms with Crippen molar-refractivity contribution < 1.29 is 8.78 Å². The number of benzene rings is 5. The summed E-state index contributed by atoms with van der Waals surface area (Å²) in [6, 6.07) is 39.3. The average Bonchev–Trinajstić information content (AvgIpc) is 3.23. The third kappa shape index (κ3) is 3.99. The van der Waals surface area contributed by atoms with Crippen LogP contribution < -0.4 is 0 Å². The molecule has 0 saturated heterocycles. The van der Waals surface area contributed by atoms with Gasteiger partial charge in [0.1, 0.15) is 0 Å². The number of aromatic nitrogens is 3. The predicted octanol–water partition coefficient (Wildman–Crippen LogP) is 8.66. The molecule has 0 aliphatic heterocycles. The first-order valence-electron chi connectivity index (χ1n) is 12.7. The van der Waals surface area contributed by atoms with E-state index in [0.29, 0.717) is 34.2 Å². The highest BCUT2D eigenvalue weighted by Crippen LogP contribution is 2.52. The van der Waals surface area contributed by atoms with Gasteiger partial charge in [-0.25, -0.2) is 15.0 Å². The molecule has 0 spiro atoms. The largest absolute Gasteiger partial charge is 0.299 e. The Morgan fingerprint density at radius 3 is 1.26 bits per heavy atom. The summed E-state index contributed by atoms with van der Waals surface area (Å²) < 4.78 is 31.1. The van der Waals surface area contributed by atoms with E-state index in [1.54, 1.807) is 24.3 Å². The molecule has 0 fully saturated rings. The molecule has 1 aliphatic carbocycles. The van der Waals surface area contributed by atoms with Crippen molar-refractivity contribution in [1.82, 2.24) is 15.0 Å². The maximum absolute atomic E-state index is 15.5. The second-order valence-electron chi connectivity index (χ2n) is 9.50. The van der Waals surface area contributed by atoms with Crippen LogP contribution in [-0.4, -0.2) is 15.0 Å². The summed E-state index contributed by atoms with van der Waals surface area (Å²) >= 11 is 0. The van der Waals surface area contributed by atoms with Gasteiger partial charge in [-0.3, -0.25) is 0 Å². The van der Waals surface area contributed by atoms with Crippen molar-refractivity contribution in [3.63, 3.8) is 0 Å². The Bertz CT molecular complexity index is 1760. The fourth-order valence-corrected chi connectivity index (χ4v) is 5.11. The van der Waals surface area contributed by atoms with E-state index >= 15 is 8.78 Å². The van der Waals surface area contributed by atoms with Crippen LogP contribution in [0.3, 0.4) is 0 Å². The van der Waals surface area contributed by atoms with Crippen LogP contribution in [0.1, 0.15) is 11.1 Å². The summed E-state index contributed by atoms with van der Waals surface area (Å²) in [5, 5.41) is 0. The summed E-state index contributed by atoms with van der Waals surface area (Å²) in [5.41, 5.74) is 5.25. The van der Waals surface area contributed by atoms with E-state index in [2.05, 4.69) is 0 Å². The molecule has 7 rings (SSSR count). The second kappa shape index (κ2) is 9.07. The van der Waals surface area contributed by atoms with Gasteiger partial charge in [-0.1, -0.05) is 115 Å². The first-order chi connectivity index (χ1) is 19.1. The monoisotopic (exact) mass is 509 g/mol. The van der Waals surface area contributed by atoms with E-state index in [-0.39, 0.29) is 11.1 Å². The van der Waals surface area contributed by atoms with E-state index in [1.165, 1.54) is 6.07 Å². The normalized spacial score (nSPS) is 13.1. The summed E-state index contributed by atoms with van der Waals surface area (Å²) in [6.45, 7) is 0. The lowest BCUT2D eigenvalue weighted by Gasteiger charge is -2.13. The van der Waals surface area contributed by atoms with Crippen LogP contribution in [0.4, 0.5) is 8.78 Å². The number of rotatable bonds is 4. The molecular weight excluding hydrogens is 488 g/mol. The summed E-state index contributed by atoms with van der Waals surface area (Å²) in [6.07, 6.45) is 0. The van der Waals surface area contributed by atoms with E-state index in [9.17, 15) is 0 Å². The lowest BCUT2D eigenvalue weighted by molar-refractivity contribution is 0.0480. The van der Waals surface area contributed by atoms with Crippen LogP contribution in [0.2, 0.25) is 0 Å². The molecule has 0 saturated carbocycles. The van der Waals surface area contributed by atoms with Gasteiger partial charge in [-0.15, -0.1) is 0 Å². The highest BCUT2D eigenvalue weighted by Gasteiger charge is 2.44. The summed E-state index contributed by atoms with van der Waals surface area (Å²) in [7, 11) is 0. The molecule has 0 radical (unpaired) electrons. The van der Waals surface area contributed by atoms with Crippen molar-refractivity contribution in [3.8, 4) is 56.4 Å². The Balaban J connectivity index is 1.40. The molecule has 186 valence electrons. The van der Waals surface area contributed by atoms with Gasteiger partial charge in [-0.05, 0) is 34.4 Å². The van der Waals surface area contributed by atoms with E-state index in [1.807, 2.05) is 97.1 Å². The van der Waals surface area contributed by atoms with Crippen LogP contribution in [-0.2, 0) is 5.92 Å². The summed E-state index contributed by atoms with van der Waals surface area (Å²) in [5.74, 6) is -1.60. The minimum absolute atomic E-state index is 0.00733. The van der Waals surface area contributed by atoms with Gasteiger partial charge in [0.15, 0.2) is 17.5 Å². The fraction of sp³-hybridized carbons (Fsp3) is 0.0294. The number of alkyl halides is 2. The smallest absolute Gasteiger partial charge is 0.208 e. The van der Waals surface area contributed by atoms with Gasteiger partial charge in [0.05, 0.1) is 0 Å². The van der Waals surface area contributed by atoms with Gasteiger partial charge >= 0.3 is 0 Å². The Morgan fingerprint density at radius 2 is 0.769 bits per heavy atom. The Morgan fingerprint density at radius 1 is 0.385 bits per heavy atom. The lowest BCUT2D eigenvalue weighted by Crippen LogP contribution is -2.10. The average molecular weight is 510 g/mol. The van der Waals surface area contributed by atoms with Crippen molar-refractivity contribution >= 4 is 0 Å². The van der Waals surface area contributed by atoms with Crippen molar-refractivity contribution in [2.75, 3.05) is 0 Å². The third-order valence-corrected chi connectivity index (χ3v) is 7.07. The highest BCUT2D eigenvalue weighted by molar-refractivity contribution is 5.86. The van der Waals surface area contributed by atoms with Crippen LogP contribution in [0.25, 0.3) is 56.4 Å². The number of halogens is 2. The second-order valence-corrected chi connectivity index (χ2v) is 9.50. The van der Waals surface area contributed by atoms with Crippen molar-refractivity contribution in [1.29, 1.82) is 0 Å². The zero-order valence-electron chi connectivity index (χ0n) is 20.7. The van der Waals surface area contributed by atoms with Gasteiger partial charge in [0.25, 0.3) is 5.92 Å². The molecule has 5 aromatic carbocycles. The third-order valence-electron chi connectivity index (χ3n) is 7.07. The van der Waals surface area contributed by atoms with Gasteiger partial charge in [0, 0.05) is 27.8 Å². The molecular formula is C34H21F2N3. The minimum atomic E-state index is -3.08. The molecule has 1 aliphatic rings. The Hall–Kier alpha value is -5.03. The molecule has 0 bridgehead atoms. The number of hydrogen-bond donors (Lipinski definition) is 0. The lowest BCUT2D eigenvalue weighted by atomic mass is 9.97. The minimum Gasteiger partial charge on any atom is -0.208 e. The molecule has 0 atom stereocenters. The molecule has 39 heavy (non-hydrogen) atoms. The molecule has 0 N–H and O–H groups in total. The molecule has 3 nitrogen and oxygen atoms in total. The number of hydrogen-bond acceptors (Lipinski definition) is 3. The standard InChI is InChI=1S/C34H21F2N3/c35-34(36)29-18-16-25(22-10-4-1-5-11-22)20-27(29)28-21-26(17-19-30(28)34)33-38-31(23-12-6-2-7-13-23)37-32(39-33)24-14-8-3-9-15-24/h1-21H. The van der Waals surface area contributed by atoms with Crippen LogP contribution >= 0.6 is 0 Å². The van der Waals surface area contributed by atoms with Gasteiger partial charge in [-0.2, -0.15) is 8.78 Å². The maximum atomic E-state index is 15.5. The van der Waals surface area contributed by atoms with Crippen molar-refractivity contribution in [2.45, 2.75) is 5.92 Å². The first kappa shape index (κ1) is 23.1. The van der Waals surface area contributed by atoms with Gasteiger partial charge < -0.3 is 0 Å². The Labute approximate surface area is 224 Å². The predicted molar refractivity (Wildman–Crippen MR) is 150 cm³/mol. The molecule has 0 unspecified atom stereocenters. The fourth-order valence-electron chi connectivity index (χ4n) is 5.11. The van der Waals surface area contributed by atoms with Crippen LogP contribution in [0, 0.1) is 0 Å². The SMILES string of the molecule is FC1(F)c2ccc(-c3ccccc3)cc2-c2cc(-c3nc(-c4ccccc4)nc(-c4ccccc4)n3)ccc21. The maximum Gasteiger partial charge on any atom is 0.299 e. The van der Waals surface area contributed by atoms with Gasteiger partial charge in [0.2, 0.25) is 0 Å². The zero-order valence-corrected chi connectivity index (χ0v) is 20.7. The number of fused-ring (bicyclic) bond motifs is 3. The highest BCUT2D eigenvalue weighted by atomic mass is 19.3. The molecule has 6 aromatic rings. The quantitative estimate of drug-likeness (QED) is 0.239. The molecule has 0 amide bonds. The van der Waals surface area contributed by atoms with Crippen LogP contribution in [0.15, 0.2) is 127 Å². The van der Waals surface area contributed by atoms with Crippen molar-refractivity contribution in [2.24, 2.45) is 0 Å². The van der Waals surface area contributed by atoms with E-state index < -0.39 is 5.92 Å². The van der Waals surface area contributed by atoms with E-state index in [4.69, 9.17) is 15.0 Å². The molecule has 5 heteroatoms. The first-order valence-corrected chi connectivity index (χ1v) is 12.7. The molecule has 1 aromatic heterocycles. The zero-order chi connectivity index (χ0) is 26.4. The van der Waals surface area contributed by atoms with Crippen LogP contribution in [0.5, 0.6) is 0 Å². The summed E-state index contributed by atoms with van der Waals surface area (Å²) in [4.78, 5) is 14.3. The molecule has 1 heterocycles. The van der Waals surface area contributed by atoms with E-state index in [0.717, 1.165) is 22.3 Å².